The predicted octanol–water partition coefficient (Wildman–Crippen LogP) is 4.61. The molecule has 0 N–H and O–H groups in total. The van der Waals surface area contributed by atoms with E-state index in [0.29, 0.717) is 11.8 Å². The molecule has 4 atom stereocenters. The van der Waals surface area contributed by atoms with Crippen molar-refractivity contribution in [2.45, 2.75) is 44.9 Å². The Hall–Kier alpha value is -1.75. The van der Waals surface area contributed by atoms with Crippen LogP contribution in [-0.4, -0.2) is 7.11 Å². The second-order valence-corrected chi connectivity index (χ2v) is 7.40. The molecule has 0 aliphatic heterocycles. The topological polar surface area (TPSA) is 33.0 Å². The lowest BCUT2D eigenvalue weighted by molar-refractivity contribution is 0.0779. The molecule has 1 aromatic carbocycles. The minimum absolute atomic E-state index is 0.139. The maximum atomic E-state index is 9.45. The highest BCUT2D eigenvalue weighted by molar-refractivity contribution is 5.42. The third-order valence-electron chi connectivity index (χ3n) is 6.63. The van der Waals surface area contributed by atoms with Crippen LogP contribution in [0.3, 0.4) is 0 Å². The molecular formula is C20H23NO. The maximum absolute atomic E-state index is 9.45. The first kappa shape index (κ1) is 13.9. The van der Waals surface area contributed by atoms with Crippen molar-refractivity contribution in [3.8, 4) is 11.8 Å². The largest absolute Gasteiger partial charge is 0.497 e. The van der Waals surface area contributed by atoms with E-state index in [1.807, 2.05) is 0 Å². The molecule has 0 heterocycles. The van der Waals surface area contributed by atoms with E-state index in [0.717, 1.165) is 36.5 Å². The average Bonchev–Trinajstić information content (AvgIpc) is 2.90. The monoisotopic (exact) mass is 293 g/mol. The van der Waals surface area contributed by atoms with E-state index in [1.165, 1.54) is 18.4 Å². The van der Waals surface area contributed by atoms with Gasteiger partial charge in [-0.05, 0) is 73.1 Å². The van der Waals surface area contributed by atoms with Gasteiger partial charge < -0.3 is 4.74 Å². The number of methoxy groups -OCH3 is 1. The smallest absolute Gasteiger partial charge is 0.119 e. The lowest BCUT2D eigenvalue weighted by atomic mass is 9.54. The van der Waals surface area contributed by atoms with Crippen LogP contribution in [0, 0.1) is 28.6 Å². The summed E-state index contributed by atoms with van der Waals surface area (Å²) in [6.45, 7) is 2.33. The van der Waals surface area contributed by atoms with Crippen LogP contribution in [0.4, 0.5) is 0 Å². The van der Waals surface area contributed by atoms with Crippen molar-refractivity contribution in [2.75, 3.05) is 7.11 Å². The Bertz CT molecular complexity index is 683. The van der Waals surface area contributed by atoms with Gasteiger partial charge in [0.25, 0.3) is 0 Å². The number of nitriles is 1. The Kier molecular flexibility index (Phi) is 3.08. The molecule has 1 saturated carbocycles. The number of ether oxygens (including phenoxy) is 1. The van der Waals surface area contributed by atoms with E-state index in [9.17, 15) is 5.26 Å². The molecule has 114 valence electrons. The van der Waals surface area contributed by atoms with Gasteiger partial charge >= 0.3 is 0 Å². The summed E-state index contributed by atoms with van der Waals surface area (Å²) in [4.78, 5) is 0. The molecule has 1 unspecified atom stereocenters. The lowest BCUT2D eigenvalue weighted by Gasteiger charge is -2.49. The molecule has 0 spiro atoms. The Morgan fingerprint density at radius 1 is 1.32 bits per heavy atom. The van der Waals surface area contributed by atoms with Crippen LogP contribution < -0.4 is 4.74 Å². The van der Waals surface area contributed by atoms with Crippen LogP contribution in [0.15, 0.2) is 29.8 Å². The first-order valence-electron chi connectivity index (χ1n) is 8.45. The molecule has 3 aliphatic rings. The quantitative estimate of drug-likeness (QED) is 0.757. The van der Waals surface area contributed by atoms with Crippen LogP contribution in [0.1, 0.15) is 49.7 Å². The third kappa shape index (κ3) is 1.78. The van der Waals surface area contributed by atoms with Gasteiger partial charge in [0.05, 0.1) is 13.2 Å². The molecule has 2 nitrogen and oxygen atoms in total. The van der Waals surface area contributed by atoms with E-state index in [2.05, 4.69) is 37.3 Å². The van der Waals surface area contributed by atoms with Crippen LogP contribution in [0.25, 0.3) is 0 Å². The SMILES string of the molecule is COc1ccc2c(c1)CC[C@@H]1C2CC[C@]2(C)C(C#N)=CC[C@@H]12. The van der Waals surface area contributed by atoms with E-state index in [1.54, 1.807) is 12.7 Å². The zero-order chi connectivity index (χ0) is 15.3. The van der Waals surface area contributed by atoms with Crippen LogP contribution in [-0.2, 0) is 6.42 Å². The van der Waals surface area contributed by atoms with E-state index in [-0.39, 0.29) is 5.41 Å². The van der Waals surface area contributed by atoms with Crippen molar-refractivity contribution < 1.29 is 4.74 Å². The lowest BCUT2D eigenvalue weighted by Crippen LogP contribution is -2.41. The maximum Gasteiger partial charge on any atom is 0.119 e. The zero-order valence-corrected chi connectivity index (χ0v) is 13.4. The summed E-state index contributed by atoms with van der Waals surface area (Å²) >= 11 is 0. The van der Waals surface area contributed by atoms with Crippen molar-refractivity contribution in [1.82, 2.24) is 0 Å². The molecule has 1 fully saturated rings. The van der Waals surface area contributed by atoms with Crippen LogP contribution in [0.5, 0.6) is 5.75 Å². The molecule has 0 saturated heterocycles. The Morgan fingerprint density at radius 2 is 2.18 bits per heavy atom. The normalized spacial score (nSPS) is 35.7. The molecule has 0 bridgehead atoms. The predicted molar refractivity (Wildman–Crippen MR) is 86.7 cm³/mol. The Morgan fingerprint density at radius 3 is 2.95 bits per heavy atom. The van der Waals surface area contributed by atoms with Gasteiger partial charge in [0.1, 0.15) is 5.75 Å². The standard InChI is InChI=1S/C20H23NO/c1-20-10-9-17-16-7-5-15(22-2)11-13(16)3-6-18(17)19(20)8-4-14(20)12-21/h4-5,7,11,17-19H,3,6,8-10H2,1-2H3/t17?,18-,19+,20-/m1/s1. The highest BCUT2D eigenvalue weighted by atomic mass is 16.5. The minimum atomic E-state index is 0.139. The number of benzene rings is 1. The van der Waals surface area contributed by atoms with Gasteiger partial charge in [-0.1, -0.05) is 19.1 Å². The van der Waals surface area contributed by atoms with Gasteiger partial charge in [-0.2, -0.15) is 5.26 Å². The fourth-order valence-electron chi connectivity index (χ4n) is 5.43. The molecule has 3 aliphatic carbocycles. The number of nitrogens with zero attached hydrogens (tertiary/aromatic N) is 1. The first-order valence-corrected chi connectivity index (χ1v) is 8.45. The van der Waals surface area contributed by atoms with Crippen molar-refractivity contribution in [1.29, 1.82) is 5.26 Å². The molecule has 0 aromatic heterocycles. The van der Waals surface area contributed by atoms with E-state index < -0.39 is 0 Å². The highest BCUT2D eigenvalue weighted by Gasteiger charge is 2.51. The fourth-order valence-corrected chi connectivity index (χ4v) is 5.43. The molecule has 0 radical (unpaired) electrons. The molecule has 22 heavy (non-hydrogen) atoms. The van der Waals surface area contributed by atoms with Gasteiger partial charge in [-0.25, -0.2) is 0 Å². The molecule has 2 heteroatoms. The van der Waals surface area contributed by atoms with Crippen LogP contribution in [0.2, 0.25) is 0 Å². The van der Waals surface area contributed by atoms with Gasteiger partial charge in [0, 0.05) is 11.0 Å². The molecular weight excluding hydrogens is 270 g/mol. The van der Waals surface area contributed by atoms with Gasteiger partial charge in [0.15, 0.2) is 0 Å². The second kappa shape index (κ2) is 4.88. The van der Waals surface area contributed by atoms with Gasteiger partial charge in [-0.3, -0.25) is 0 Å². The van der Waals surface area contributed by atoms with Crippen molar-refractivity contribution >= 4 is 0 Å². The number of hydrogen-bond acceptors (Lipinski definition) is 2. The number of aryl methyl sites for hydroxylation is 1. The summed E-state index contributed by atoms with van der Waals surface area (Å²) in [5, 5.41) is 9.45. The summed E-state index contributed by atoms with van der Waals surface area (Å²) in [7, 11) is 1.74. The van der Waals surface area contributed by atoms with Crippen molar-refractivity contribution in [3.63, 3.8) is 0 Å². The van der Waals surface area contributed by atoms with E-state index >= 15 is 0 Å². The summed E-state index contributed by atoms with van der Waals surface area (Å²) in [6.07, 6.45) is 8.11. The number of fused-ring (bicyclic) bond motifs is 5. The fraction of sp³-hybridized carbons (Fsp3) is 0.550. The third-order valence-corrected chi connectivity index (χ3v) is 6.63. The number of rotatable bonds is 1. The molecule has 0 amide bonds. The average molecular weight is 293 g/mol. The number of hydrogen-bond donors (Lipinski definition) is 0. The van der Waals surface area contributed by atoms with Crippen LogP contribution >= 0.6 is 0 Å². The first-order chi connectivity index (χ1) is 10.7. The number of allylic oxidation sites excluding steroid dienone is 2. The molecule has 4 rings (SSSR count). The Balaban J connectivity index is 1.69. The van der Waals surface area contributed by atoms with Crippen molar-refractivity contribution in [2.24, 2.45) is 17.3 Å². The Labute approximate surface area is 132 Å². The van der Waals surface area contributed by atoms with E-state index in [4.69, 9.17) is 4.74 Å². The highest BCUT2D eigenvalue weighted by Crippen LogP contribution is 2.60. The molecule has 1 aromatic rings. The van der Waals surface area contributed by atoms with Gasteiger partial charge in [-0.15, -0.1) is 0 Å². The summed E-state index contributed by atoms with van der Waals surface area (Å²) in [6, 6.07) is 9.11. The summed E-state index contributed by atoms with van der Waals surface area (Å²) in [5.41, 5.74) is 4.22. The summed E-state index contributed by atoms with van der Waals surface area (Å²) < 4.78 is 5.39. The van der Waals surface area contributed by atoms with Crippen molar-refractivity contribution in [3.05, 3.63) is 41.0 Å². The minimum Gasteiger partial charge on any atom is -0.497 e. The summed E-state index contributed by atoms with van der Waals surface area (Å²) in [5.74, 6) is 3.06. The zero-order valence-electron chi connectivity index (χ0n) is 13.4. The second-order valence-electron chi connectivity index (χ2n) is 7.40. The van der Waals surface area contributed by atoms with Gasteiger partial charge in [0.2, 0.25) is 0 Å².